The number of carbonyl (C=O) groups excluding carboxylic acids is 1. The molecule has 2 heteroatoms. The van der Waals surface area contributed by atoms with Crippen LogP contribution in [0.5, 0.6) is 0 Å². The lowest BCUT2D eigenvalue weighted by Gasteiger charge is -2.21. The molecule has 1 aromatic rings. The lowest BCUT2D eigenvalue weighted by Crippen LogP contribution is -2.27. The summed E-state index contributed by atoms with van der Waals surface area (Å²) in [4.78, 5) is 11.2. The summed E-state index contributed by atoms with van der Waals surface area (Å²) in [7, 11) is 0. The molecule has 0 aromatic heterocycles. The van der Waals surface area contributed by atoms with Crippen molar-refractivity contribution in [2.24, 2.45) is 5.73 Å². The SMILES string of the molecule is CC(=O)c1ccc2c(c1)C[C@H](N)CC2. The van der Waals surface area contributed by atoms with E-state index >= 15 is 0 Å². The number of nitrogens with two attached hydrogens (primary N) is 1. The highest BCUT2D eigenvalue weighted by Gasteiger charge is 2.15. The van der Waals surface area contributed by atoms with Crippen molar-refractivity contribution in [2.45, 2.75) is 32.2 Å². The molecule has 74 valence electrons. The van der Waals surface area contributed by atoms with Gasteiger partial charge in [0.15, 0.2) is 5.78 Å². The minimum absolute atomic E-state index is 0.131. The molecule has 0 amide bonds. The third-order valence-electron chi connectivity index (χ3n) is 2.88. The van der Waals surface area contributed by atoms with E-state index in [1.165, 1.54) is 11.1 Å². The minimum Gasteiger partial charge on any atom is -0.327 e. The predicted molar refractivity (Wildman–Crippen MR) is 56.4 cm³/mol. The zero-order valence-electron chi connectivity index (χ0n) is 8.42. The Bertz CT molecular complexity index is 371. The summed E-state index contributed by atoms with van der Waals surface area (Å²) < 4.78 is 0. The van der Waals surface area contributed by atoms with E-state index in [1.807, 2.05) is 12.1 Å². The first-order valence-corrected chi connectivity index (χ1v) is 5.05. The van der Waals surface area contributed by atoms with Crippen LogP contribution in [0, 0.1) is 0 Å². The van der Waals surface area contributed by atoms with Gasteiger partial charge in [0.1, 0.15) is 0 Å². The largest absolute Gasteiger partial charge is 0.327 e. The molecule has 1 aliphatic rings. The van der Waals surface area contributed by atoms with Gasteiger partial charge in [0.05, 0.1) is 0 Å². The lowest BCUT2D eigenvalue weighted by molar-refractivity contribution is 0.101. The van der Waals surface area contributed by atoms with Crippen molar-refractivity contribution in [3.05, 3.63) is 34.9 Å². The van der Waals surface area contributed by atoms with E-state index in [0.717, 1.165) is 24.8 Å². The van der Waals surface area contributed by atoms with Crippen molar-refractivity contribution in [2.75, 3.05) is 0 Å². The maximum Gasteiger partial charge on any atom is 0.159 e. The van der Waals surface area contributed by atoms with Crippen LogP contribution in [0.2, 0.25) is 0 Å². The van der Waals surface area contributed by atoms with E-state index < -0.39 is 0 Å². The van der Waals surface area contributed by atoms with Gasteiger partial charge in [-0.15, -0.1) is 0 Å². The van der Waals surface area contributed by atoms with Crippen LogP contribution in [0.1, 0.15) is 34.8 Å². The lowest BCUT2D eigenvalue weighted by atomic mass is 9.87. The number of carbonyl (C=O) groups is 1. The second-order valence-corrected chi connectivity index (χ2v) is 4.04. The highest BCUT2D eigenvalue weighted by molar-refractivity contribution is 5.94. The zero-order valence-corrected chi connectivity index (χ0v) is 8.42. The van der Waals surface area contributed by atoms with Gasteiger partial charge < -0.3 is 5.73 Å². The molecule has 0 saturated carbocycles. The molecule has 2 rings (SSSR count). The van der Waals surface area contributed by atoms with Gasteiger partial charge in [-0.2, -0.15) is 0 Å². The second-order valence-electron chi connectivity index (χ2n) is 4.04. The van der Waals surface area contributed by atoms with Crippen LogP contribution in [0.3, 0.4) is 0 Å². The van der Waals surface area contributed by atoms with E-state index in [0.29, 0.717) is 0 Å². The van der Waals surface area contributed by atoms with Gasteiger partial charge in [-0.05, 0) is 43.4 Å². The first-order valence-electron chi connectivity index (χ1n) is 5.05. The Morgan fingerprint density at radius 1 is 1.43 bits per heavy atom. The fraction of sp³-hybridized carbons (Fsp3) is 0.417. The topological polar surface area (TPSA) is 43.1 Å². The molecule has 0 aliphatic heterocycles. The van der Waals surface area contributed by atoms with Crippen LogP contribution in [0.4, 0.5) is 0 Å². The van der Waals surface area contributed by atoms with Crippen LogP contribution in [-0.2, 0) is 12.8 Å². The van der Waals surface area contributed by atoms with Gasteiger partial charge in [0.2, 0.25) is 0 Å². The van der Waals surface area contributed by atoms with Crippen molar-refractivity contribution in [3.8, 4) is 0 Å². The first-order chi connectivity index (χ1) is 6.66. The Morgan fingerprint density at radius 3 is 2.93 bits per heavy atom. The van der Waals surface area contributed by atoms with Crippen molar-refractivity contribution in [1.82, 2.24) is 0 Å². The average molecular weight is 189 g/mol. The van der Waals surface area contributed by atoms with E-state index in [4.69, 9.17) is 5.73 Å². The Balaban J connectivity index is 2.37. The number of benzene rings is 1. The quantitative estimate of drug-likeness (QED) is 0.683. The number of ketones is 1. The molecule has 1 atom stereocenters. The van der Waals surface area contributed by atoms with Gasteiger partial charge in [-0.1, -0.05) is 12.1 Å². The molecule has 0 unspecified atom stereocenters. The van der Waals surface area contributed by atoms with Crippen LogP contribution in [0.15, 0.2) is 18.2 Å². The molecule has 0 saturated heterocycles. The molecule has 2 N–H and O–H groups in total. The number of aryl methyl sites for hydroxylation is 1. The average Bonchev–Trinajstić information content (AvgIpc) is 2.16. The molecule has 14 heavy (non-hydrogen) atoms. The molecule has 0 heterocycles. The zero-order chi connectivity index (χ0) is 10.1. The van der Waals surface area contributed by atoms with Crippen LogP contribution in [0.25, 0.3) is 0 Å². The van der Waals surface area contributed by atoms with Gasteiger partial charge in [0, 0.05) is 11.6 Å². The fourth-order valence-corrected chi connectivity index (χ4v) is 2.00. The Hall–Kier alpha value is -1.15. The summed E-state index contributed by atoms with van der Waals surface area (Å²) in [6.07, 6.45) is 3.03. The summed E-state index contributed by atoms with van der Waals surface area (Å²) in [6, 6.07) is 6.25. The first kappa shape index (κ1) is 9.41. The predicted octanol–water partition coefficient (Wildman–Crippen LogP) is 1.71. The molecule has 1 aromatic carbocycles. The summed E-state index contributed by atoms with van der Waals surface area (Å²) in [5, 5.41) is 0. The summed E-state index contributed by atoms with van der Waals surface area (Å²) in [6.45, 7) is 1.60. The molecule has 0 fully saturated rings. The van der Waals surface area contributed by atoms with E-state index in [9.17, 15) is 4.79 Å². The standard InChI is InChI=1S/C12H15NO/c1-8(14)10-3-2-9-4-5-12(13)7-11(9)6-10/h2-3,6,12H,4-5,7,13H2,1H3/t12-/m1/s1. The number of hydrogen-bond acceptors (Lipinski definition) is 2. The summed E-state index contributed by atoms with van der Waals surface area (Å²) in [5.41, 5.74) is 9.31. The molecule has 1 aliphatic carbocycles. The third-order valence-corrected chi connectivity index (χ3v) is 2.88. The van der Waals surface area contributed by atoms with Crippen LogP contribution < -0.4 is 5.73 Å². The molecule has 0 spiro atoms. The minimum atomic E-state index is 0.131. The third kappa shape index (κ3) is 1.70. The summed E-state index contributed by atoms with van der Waals surface area (Å²) in [5.74, 6) is 0.131. The smallest absolute Gasteiger partial charge is 0.159 e. The van der Waals surface area contributed by atoms with Gasteiger partial charge in [-0.25, -0.2) is 0 Å². The molecular formula is C12H15NO. The summed E-state index contributed by atoms with van der Waals surface area (Å²) >= 11 is 0. The Labute approximate surface area is 84.1 Å². The van der Waals surface area contributed by atoms with Crippen LogP contribution >= 0.6 is 0 Å². The monoisotopic (exact) mass is 189 g/mol. The van der Waals surface area contributed by atoms with Gasteiger partial charge >= 0.3 is 0 Å². The van der Waals surface area contributed by atoms with Gasteiger partial charge in [0.25, 0.3) is 0 Å². The normalized spacial score (nSPS) is 20.3. The van der Waals surface area contributed by atoms with Crippen LogP contribution in [-0.4, -0.2) is 11.8 Å². The maximum atomic E-state index is 11.2. The maximum absolute atomic E-state index is 11.2. The number of hydrogen-bond donors (Lipinski definition) is 1. The molecular weight excluding hydrogens is 174 g/mol. The van der Waals surface area contributed by atoms with Crippen molar-refractivity contribution >= 4 is 5.78 Å². The fourth-order valence-electron chi connectivity index (χ4n) is 2.00. The van der Waals surface area contributed by atoms with Gasteiger partial charge in [-0.3, -0.25) is 4.79 Å². The van der Waals surface area contributed by atoms with E-state index in [-0.39, 0.29) is 11.8 Å². The van der Waals surface area contributed by atoms with Crippen molar-refractivity contribution < 1.29 is 4.79 Å². The van der Waals surface area contributed by atoms with Crippen molar-refractivity contribution in [3.63, 3.8) is 0 Å². The van der Waals surface area contributed by atoms with Crippen molar-refractivity contribution in [1.29, 1.82) is 0 Å². The molecule has 2 nitrogen and oxygen atoms in total. The van der Waals surface area contributed by atoms with E-state index in [1.54, 1.807) is 6.92 Å². The highest BCUT2D eigenvalue weighted by atomic mass is 16.1. The molecule has 0 radical (unpaired) electrons. The Kier molecular flexibility index (Phi) is 2.38. The second kappa shape index (κ2) is 3.54. The Morgan fingerprint density at radius 2 is 2.21 bits per heavy atom. The van der Waals surface area contributed by atoms with E-state index in [2.05, 4.69) is 6.07 Å². The highest BCUT2D eigenvalue weighted by Crippen LogP contribution is 2.21. The molecule has 0 bridgehead atoms. The number of rotatable bonds is 1. The number of fused-ring (bicyclic) bond motifs is 1. The number of Topliss-reactive ketones (excluding diaryl/α,β-unsaturated/α-hetero) is 1.